The molecular weight excluding hydrogens is 182 g/mol. The molecule has 72 valence electrons. The zero-order chi connectivity index (χ0) is 9.26. The summed E-state index contributed by atoms with van der Waals surface area (Å²) < 4.78 is 4.24. The van der Waals surface area contributed by atoms with Crippen molar-refractivity contribution in [3.05, 3.63) is 10.8 Å². The smallest absolute Gasteiger partial charge is 0.142 e. The van der Waals surface area contributed by atoms with Crippen LogP contribution in [-0.4, -0.2) is 15.4 Å². The number of hydrogen-bond acceptors (Lipinski definition) is 4. The van der Waals surface area contributed by atoms with E-state index >= 15 is 0 Å². The zero-order valence-corrected chi connectivity index (χ0v) is 8.68. The quantitative estimate of drug-likeness (QED) is 0.793. The highest BCUT2D eigenvalue weighted by molar-refractivity contribution is 7.05. The summed E-state index contributed by atoms with van der Waals surface area (Å²) in [7, 11) is 0. The largest absolute Gasteiger partial charge is 0.327 e. The molecule has 0 spiro atoms. The first-order valence-corrected chi connectivity index (χ1v) is 5.64. The van der Waals surface area contributed by atoms with Gasteiger partial charge in [0.2, 0.25) is 0 Å². The monoisotopic (exact) mass is 197 g/mol. The fourth-order valence-corrected chi connectivity index (χ4v) is 2.20. The maximum absolute atomic E-state index is 6.00. The standard InChI is InChI=1S/C9H15N3S/c1-2-8-11-9(13-12-8)5-7(10)6-3-4-6/h6-7H,2-5,10H2,1H3. The van der Waals surface area contributed by atoms with Crippen molar-refractivity contribution in [2.45, 2.75) is 38.6 Å². The molecule has 1 aromatic heterocycles. The van der Waals surface area contributed by atoms with Crippen LogP contribution in [0.5, 0.6) is 0 Å². The van der Waals surface area contributed by atoms with Crippen molar-refractivity contribution in [2.75, 3.05) is 0 Å². The predicted octanol–water partition coefficient (Wildman–Crippen LogP) is 1.38. The van der Waals surface area contributed by atoms with Crippen molar-refractivity contribution < 1.29 is 0 Å². The van der Waals surface area contributed by atoms with E-state index in [9.17, 15) is 0 Å². The molecule has 13 heavy (non-hydrogen) atoms. The molecule has 0 aromatic carbocycles. The molecule has 0 bridgehead atoms. The molecule has 0 saturated heterocycles. The van der Waals surface area contributed by atoms with Gasteiger partial charge in [-0.2, -0.15) is 4.37 Å². The lowest BCUT2D eigenvalue weighted by molar-refractivity contribution is 0.589. The average Bonchev–Trinajstić information content (AvgIpc) is 2.88. The minimum Gasteiger partial charge on any atom is -0.327 e. The van der Waals surface area contributed by atoms with Crippen molar-refractivity contribution in [3.63, 3.8) is 0 Å². The Morgan fingerprint density at radius 1 is 1.62 bits per heavy atom. The van der Waals surface area contributed by atoms with Gasteiger partial charge in [0, 0.05) is 18.9 Å². The van der Waals surface area contributed by atoms with Crippen molar-refractivity contribution in [2.24, 2.45) is 11.7 Å². The maximum atomic E-state index is 6.00. The number of aryl methyl sites for hydroxylation is 1. The average molecular weight is 197 g/mol. The van der Waals surface area contributed by atoms with Crippen molar-refractivity contribution in [1.82, 2.24) is 9.36 Å². The second kappa shape index (κ2) is 3.72. The number of nitrogens with two attached hydrogens (primary N) is 1. The normalized spacial score (nSPS) is 18.9. The lowest BCUT2D eigenvalue weighted by Gasteiger charge is -2.05. The lowest BCUT2D eigenvalue weighted by Crippen LogP contribution is -2.24. The van der Waals surface area contributed by atoms with Gasteiger partial charge in [-0.25, -0.2) is 4.98 Å². The molecule has 1 aliphatic carbocycles. The van der Waals surface area contributed by atoms with Gasteiger partial charge in [-0.15, -0.1) is 0 Å². The van der Waals surface area contributed by atoms with Crippen LogP contribution in [0.1, 0.15) is 30.6 Å². The Bertz CT molecular complexity index is 280. The van der Waals surface area contributed by atoms with E-state index in [2.05, 4.69) is 16.3 Å². The SMILES string of the molecule is CCc1nsc(CC(N)C2CC2)n1. The Balaban J connectivity index is 1.92. The molecule has 1 saturated carbocycles. The van der Waals surface area contributed by atoms with Crippen LogP contribution in [0.25, 0.3) is 0 Å². The van der Waals surface area contributed by atoms with E-state index in [0.717, 1.165) is 29.6 Å². The summed E-state index contributed by atoms with van der Waals surface area (Å²) in [6.07, 6.45) is 4.46. The highest BCUT2D eigenvalue weighted by Crippen LogP contribution is 2.32. The summed E-state index contributed by atoms with van der Waals surface area (Å²) in [5.74, 6) is 1.72. The number of nitrogens with zero attached hydrogens (tertiary/aromatic N) is 2. The van der Waals surface area contributed by atoms with Gasteiger partial charge < -0.3 is 5.73 Å². The minimum absolute atomic E-state index is 0.317. The number of aromatic nitrogens is 2. The molecule has 0 amide bonds. The van der Waals surface area contributed by atoms with Crippen LogP contribution < -0.4 is 5.73 Å². The fraction of sp³-hybridized carbons (Fsp3) is 0.778. The van der Waals surface area contributed by atoms with Gasteiger partial charge in [0.25, 0.3) is 0 Å². The van der Waals surface area contributed by atoms with Gasteiger partial charge in [0.15, 0.2) is 0 Å². The third kappa shape index (κ3) is 2.25. The molecule has 1 heterocycles. The summed E-state index contributed by atoms with van der Waals surface area (Å²) in [5.41, 5.74) is 6.00. The third-order valence-corrected chi connectivity index (χ3v) is 3.23. The molecular formula is C9H15N3S. The van der Waals surface area contributed by atoms with Crippen LogP contribution in [0.4, 0.5) is 0 Å². The Morgan fingerprint density at radius 2 is 2.38 bits per heavy atom. The molecule has 1 aliphatic rings. The number of rotatable bonds is 4. The van der Waals surface area contributed by atoms with Gasteiger partial charge >= 0.3 is 0 Å². The summed E-state index contributed by atoms with van der Waals surface area (Å²) in [6.45, 7) is 2.08. The van der Waals surface area contributed by atoms with E-state index in [4.69, 9.17) is 5.73 Å². The van der Waals surface area contributed by atoms with E-state index in [1.54, 1.807) is 0 Å². The van der Waals surface area contributed by atoms with Gasteiger partial charge in [-0.05, 0) is 30.3 Å². The molecule has 1 fully saturated rings. The first-order valence-electron chi connectivity index (χ1n) is 4.86. The summed E-state index contributed by atoms with van der Waals surface area (Å²) in [6, 6.07) is 0.317. The van der Waals surface area contributed by atoms with Gasteiger partial charge in [0.05, 0.1) is 0 Å². The van der Waals surface area contributed by atoms with Crippen LogP contribution in [0.15, 0.2) is 0 Å². The summed E-state index contributed by atoms with van der Waals surface area (Å²) >= 11 is 1.51. The van der Waals surface area contributed by atoms with Crippen LogP contribution in [0.2, 0.25) is 0 Å². The highest BCUT2D eigenvalue weighted by atomic mass is 32.1. The Morgan fingerprint density at radius 3 is 2.92 bits per heavy atom. The molecule has 1 aromatic rings. The first-order chi connectivity index (χ1) is 6.29. The maximum Gasteiger partial charge on any atom is 0.142 e. The van der Waals surface area contributed by atoms with Gasteiger partial charge in [-0.3, -0.25) is 0 Å². The van der Waals surface area contributed by atoms with E-state index in [-0.39, 0.29) is 0 Å². The van der Waals surface area contributed by atoms with Gasteiger partial charge in [0.1, 0.15) is 10.8 Å². The van der Waals surface area contributed by atoms with Crippen molar-refractivity contribution >= 4 is 11.5 Å². The van der Waals surface area contributed by atoms with E-state index in [0.29, 0.717) is 6.04 Å². The lowest BCUT2D eigenvalue weighted by atomic mass is 10.1. The van der Waals surface area contributed by atoms with Crippen molar-refractivity contribution in [1.29, 1.82) is 0 Å². The topological polar surface area (TPSA) is 51.8 Å². The highest BCUT2D eigenvalue weighted by Gasteiger charge is 2.29. The second-order valence-electron chi connectivity index (χ2n) is 3.66. The molecule has 3 nitrogen and oxygen atoms in total. The van der Waals surface area contributed by atoms with Gasteiger partial charge in [-0.1, -0.05) is 6.92 Å². The fourth-order valence-electron chi connectivity index (χ4n) is 1.41. The zero-order valence-electron chi connectivity index (χ0n) is 7.86. The van der Waals surface area contributed by atoms with E-state index < -0.39 is 0 Å². The Kier molecular flexibility index (Phi) is 2.60. The Labute approximate surface area is 82.5 Å². The van der Waals surface area contributed by atoms with E-state index in [1.807, 2.05) is 0 Å². The molecule has 2 rings (SSSR count). The molecule has 0 radical (unpaired) electrons. The molecule has 4 heteroatoms. The second-order valence-corrected chi connectivity index (χ2v) is 4.50. The first kappa shape index (κ1) is 9.09. The van der Waals surface area contributed by atoms with Crippen LogP contribution in [0, 0.1) is 5.92 Å². The summed E-state index contributed by atoms with van der Waals surface area (Å²) in [5, 5.41) is 1.11. The summed E-state index contributed by atoms with van der Waals surface area (Å²) in [4.78, 5) is 4.41. The predicted molar refractivity (Wildman–Crippen MR) is 53.7 cm³/mol. The van der Waals surface area contributed by atoms with Crippen LogP contribution in [0.3, 0.4) is 0 Å². The molecule has 1 atom stereocenters. The molecule has 1 unspecified atom stereocenters. The van der Waals surface area contributed by atoms with Crippen molar-refractivity contribution in [3.8, 4) is 0 Å². The number of hydrogen-bond donors (Lipinski definition) is 1. The minimum atomic E-state index is 0.317. The third-order valence-electron chi connectivity index (χ3n) is 2.46. The molecule has 2 N–H and O–H groups in total. The van der Waals surface area contributed by atoms with Crippen LogP contribution >= 0.6 is 11.5 Å². The molecule has 0 aliphatic heterocycles. The van der Waals surface area contributed by atoms with E-state index in [1.165, 1.54) is 24.4 Å². The Hall–Kier alpha value is -0.480. The van der Waals surface area contributed by atoms with Crippen LogP contribution in [-0.2, 0) is 12.8 Å².